The van der Waals surface area contributed by atoms with Crippen LogP contribution in [0, 0.1) is 0 Å². The van der Waals surface area contributed by atoms with Crippen molar-refractivity contribution in [2.75, 3.05) is 32.8 Å². The number of carbonyl (C=O) groups excluding carboxylic acids is 2. The monoisotopic (exact) mass is 472 g/mol. The molecule has 2 heterocycles. The van der Waals surface area contributed by atoms with E-state index in [4.69, 9.17) is 9.47 Å². The van der Waals surface area contributed by atoms with Crippen molar-refractivity contribution in [2.24, 2.45) is 0 Å². The number of halogens is 1. The van der Waals surface area contributed by atoms with Crippen molar-refractivity contribution in [3.05, 3.63) is 64.6 Å². The van der Waals surface area contributed by atoms with Gasteiger partial charge in [0.05, 0.1) is 4.47 Å². The van der Waals surface area contributed by atoms with Crippen LogP contribution in [0.4, 0.5) is 0 Å². The number of amides is 2. The van der Waals surface area contributed by atoms with Gasteiger partial charge in [-0.3, -0.25) is 9.59 Å². The molecule has 0 aliphatic carbocycles. The average Bonchev–Trinajstić information content (AvgIpc) is 3.33. The van der Waals surface area contributed by atoms with Gasteiger partial charge in [-0.25, -0.2) is 0 Å². The minimum absolute atomic E-state index is 0.0451. The number of para-hydroxylation sites is 1. The van der Waals surface area contributed by atoms with Crippen molar-refractivity contribution in [3.8, 4) is 5.75 Å². The number of carbonyl (C=O) groups is 2. The van der Waals surface area contributed by atoms with Crippen LogP contribution in [0.5, 0.6) is 5.75 Å². The molecular weight excluding hydrogens is 448 g/mol. The first-order chi connectivity index (χ1) is 14.6. The van der Waals surface area contributed by atoms with Crippen LogP contribution in [0.15, 0.2) is 59.1 Å². The minimum Gasteiger partial charge on any atom is -0.475 e. The molecule has 2 unspecified atom stereocenters. The molecule has 2 aromatic rings. The molecule has 2 fully saturated rings. The maximum absolute atomic E-state index is 13.4. The second-order valence-electron chi connectivity index (χ2n) is 7.49. The Labute approximate surface area is 184 Å². The highest BCUT2D eigenvalue weighted by molar-refractivity contribution is 9.10. The van der Waals surface area contributed by atoms with Crippen molar-refractivity contribution >= 4 is 27.7 Å². The number of piperazine rings is 1. The molecule has 2 aromatic carbocycles. The second-order valence-corrected chi connectivity index (χ2v) is 8.35. The third kappa shape index (κ3) is 4.68. The molecule has 2 aliphatic heterocycles. The second kappa shape index (κ2) is 9.62. The van der Waals surface area contributed by atoms with Crippen LogP contribution in [0.25, 0.3) is 0 Å². The van der Waals surface area contributed by atoms with Crippen LogP contribution < -0.4 is 4.74 Å². The fourth-order valence-electron chi connectivity index (χ4n) is 3.85. The summed E-state index contributed by atoms with van der Waals surface area (Å²) in [6.07, 6.45) is 0.654. The molecule has 0 radical (unpaired) electrons. The zero-order chi connectivity index (χ0) is 20.9. The van der Waals surface area contributed by atoms with Gasteiger partial charge >= 0.3 is 0 Å². The highest BCUT2D eigenvalue weighted by atomic mass is 79.9. The summed E-state index contributed by atoms with van der Waals surface area (Å²) < 4.78 is 12.5. The van der Waals surface area contributed by atoms with Gasteiger partial charge in [0.25, 0.3) is 11.8 Å². The largest absolute Gasteiger partial charge is 0.475 e. The smallest absolute Gasteiger partial charge is 0.268 e. The average molecular weight is 473 g/mol. The summed E-state index contributed by atoms with van der Waals surface area (Å²) in [6.45, 7) is 2.65. The van der Waals surface area contributed by atoms with Crippen molar-refractivity contribution in [2.45, 2.75) is 25.0 Å². The molecule has 6 nitrogen and oxygen atoms in total. The zero-order valence-electron chi connectivity index (χ0n) is 16.7. The quantitative estimate of drug-likeness (QED) is 0.668. The summed E-state index contributed by atoms with van der Waals surface area (Å²) in [4.78, 5) is 29.6. The Balaban J connectivity index is 1.46. The van der Waals surface area contributed by atoms with Crippen molar-refractivity contribution in [3.63, 3.8) is 0 Å². The first-order valence-corrected chi connectivity index (χ1v) is 11.1. The fourth-order valence-corrected chi connectivity index (χ4v) is 4.22. The highest BCUT2D eigenvalue weighted by Crippen LogP contribution is 2.30. The van der Waals surface area contributed by atoms with Gasteiger partial charge in [0.2, 0.25) is 6.10 Å². The molecule has 0 spiro atoms. The Bertz CT molecular complexity index is 878. The third-order valence-corrected chi connectivity index (χ3v) is 6.17. The lowest BCUT2D eigenvalue weighted by atomic mass is 10.1. The maximum Gasteiger partial charge on any atom is 0.268 e. The van der Waals surface area contributed by atoms with E-state index in [2.05, 4.69) is 15.9 Å². The molecule has 0 aromatic heterocycles. The standard InChI is InChI=1S/C23H25BrN2O4/c24-18-9-4-5-10-19(18)30-21(17-7-2-1-3-8-17)23(28)26-14-12-25(13-15-26)22(27)20-11-6-16-29-20/h1-5,7-10,20-21H,6,11-16H2. The fraction of sp³-hybridized carbons (Fsp3) is 0.391. The Kier molecular flexibility index (Phi) is 6.69. The molecule has 2 amide bonds. The molecule has 0 saturated carbocycles. The lowest BCUT2D eigenvalue weighted by Gasteiger charge is -2.37. The van der Waals surface area contributed by atoms with E-state index in [1.165, 1.54) is 0 Å². The van der Waals surface area contributed by atoms with Crippen LogP contribution in [0.3, 0.4) is 0 Å². The normalized spacial score (nSPS) is 20.1. The SMILES string of the molecule is O=C(C1CCCO1)N1CCN(C(=O)C(Oc2ccccc2Br)c2ccccc2)CC1. The summed E-state index contributed by atoms with van der Waals surface area (Å²) >= 11 is 3.49. The molecule has 2 saturated heterocycles. The molecule has 0 bridgehead atoms. The van der Waals surface area contributed by atoms with E-state index in [1.54, 1.807) is 4.90 Å². The summed E-state index contributed by atoms with van der Waals surface area (Å²) in [6, 6.07) is 17.0. The Morgan fingerprint density at radius 3 is 2.30 bits per heavy atom. The van der Waals surface area contributed by atoms with Gasteiger partial charge in [-0.1, -0.05) is 42.5 Å². The van der Waals surface area contributed by atoms with E-state index < -0.39 is 6.10 Å². The van der Waals surface area contributed by atoms with E-state index in [0.29, 0.717) is 38.5 Å². The van der Waals surface area contributed by atoms with E-state index in [-0.39, 0.29) is 17.9 Å². The summed E-state index contributed by atoms with van der Waals surface area (Å²) in [5, 5.41) is 0. The van der Waals surface area contributed by atoms with Gasteiger partial charge in [-0.2, -0.15) is 0 Å². The molecule has 7 heteroatoms. The number of ether oxygens (including phenoxy) is 2. The van der Waals surface area contributed by atoms with Gasteiger partial charge in [0.1, 0.15) is 11.9 Å². The molecule has 158 valence electrons. The maximum atomic E-state index is 13.4. The van der Waals surface area contributed by atoms with Gasteiger partial charge in [-0.05, 0) is 40.9 Å². The number of benzene rings is 2. The van der Waals surface area contributed by atoms with Crippen LogP contribution in [-0.2, 0) is 14.3 Å². The van der Waals surface area contributed by atoms with Crippen molar-refractivity contribution in [1.29, 1.82) is 0 Å². The van der Waals surface area contributed by atoms with Crippen LogP contribution in [0.2, 0.25) is 0 Å². The first kappa shape index (κ1) is 20.9. The van der Waals surface area contributed by atoms with Gasteiger partial charge < -0.3 is 19.3 Å². The molecule has 4 rings (SSSR count). The topological polar surface area (TPSA) is 59.1 Å². The summed E-state index contributed by atoms with van der Waals surface area (Å²) in [7, 11) is 0. The predicted octanol–water partition coefficient (Wildman–Crippen LogP) is 3.42. The number of hydrogen-bond donors (Lipinski definition) is 0. The zero-order valence-corrected chi connectivity index (χ0v) is 18.3. The van der Waals surface area contributed by atoms with E-state index in [1.807, 2.05) is 59.5 Å². The minimum atomic E-state index is -0.745. The first-order valence-electron chi connectivity index (χ1n) is 10.3. The predicted molar refractivity (Wildman–Crippen MR) is 116 cm³/mol. The Hall–Kier alpha value is -2.38. The van der Waals surface area contributed by atoms with Gasteiger partial charge in [0, 0.05) is 38.3 Å². The number of rotatable bonds is 5. The third-order valence-electron chi connectivity index (χ3n) is 5.52. The van der Waals surface area contributed by atoms with Crippen LogP contribution >= 0.6 is 15.9 Å². The molecule has 2 atom stereocenters. The van der Waals surface area contributed by atoms with Gasteiger partial charge in [0.15, 0.2) is 0 Å². The van der Waals surface area contributed by atoms with Gasteiger partial charge in [-0.15, -0.1) is 0 Å². The van der Waals surface area contributed by atoms with Crippen LogP contribution in [-0.4, -0.2) is 60.5 Å². The lowest BCUT2D eigenvalue weighted by Crippen LogP contribution is -2.54. The Morgan fingerprint density at radius 2 is 1.63 bits per heavy atom. The number of nitrogens with zero attached hydrogens (tertiary/aromatic N) is 2. The van der Waals surface area contributed by atoms with Crippen LogP contribution in [0.1, 0.15) is 24.5 Å². The summed E-state index contributed by atoms with van der Waals surface area (Å²) in [5.74, 6) is 0.566. The highest BCUT2D eigenvalue weighted by Gasteiger charge is 2.34. The van der Waals surface area contributed by atoms with Crippen molar-refractivity contribution < 1.29 is 19.1 Å². The van der Waals surface area contributed by atoms with E-state index in [0.717, 1.165) is 22.9 Å². The molecular formula is C23H25BrN2O4. The summed E-state index contributed by atoms with van der Waals surface area (Å²) in [5.41, 5.74) is 0.802. The lowest BCUT2D eigenvalue weighted by molar-refractivity contribution is -0.148. The molecule has 2 aliphatic rings. The van der Waals surface area contributed by atoms with E-state index >= 15 is 0 Å². The Morgan fingerprint density at radius 1 is 0.967 bits per heavy atom. The molecule has 30 heavy (non-hydrogen) atoms. The number of hydrogen-bond acceptors (Lipinski definition) is 4. The van der Waals surface area contributed by atoms with Crippen molar-refractivity contribution in [1.82, 2.24) is 9.80 Å². The molecule has 0 N–H and O–H groups in total. The van der Waals surface area contributed by atoms with E-state index in [9.17, 15) is 9.59 Å².